The first-order valence-electron chi connectivity index (χ1n) is 6.26. The highest BCUT2D eigenvalue weighted by Gasteiger charge is 2.38. The molecule has 1 heterocycles. The molecule has 2 rings (SSSR count). The van der Waals surface area contributed by atoms with Crippen molar-refractivity contribution in [2.24, 2.45) is 7.05 Å². The molecule has 1 aromatic carbocycles. The van der Waals surface area contributed by atoms with Gasteiger partial charge in [0.1, 0.15) is 6.54 Å². The number of benzene rings is 1. The first-order chi connectivity index (χ1) is 10.2. The van der Waals surface area contributed by atoms with Gasteiger partial charge in [-0.25, -0.2) is 9.48 Å². The summed E-state index contributed by atoms with van der Waals surface area (Å²) in [7, 11) is 0.952. The van der Waals surface area contributed by atoms with E-state index < -0.39 is 30.1 Å². The van der Waals surface area contributed by atoms with Crippen molar-refractivity contribution in [2.75, 3.05) is 5.32 Å². The van der Waals surface area contributed by atoms with Gasteiger partial charge in [0, 0.05) is 12.7 Å². The third kappa shape index (κ3) is 3.35. The van der Waals surface area contributed by atoms with Crippen molar-refractivity contribution in [3.63, 3.8) is 0 Å². The Morgan fingerprint density at radius 1 is 1.36 bits per heavy atom. The third-order valence-corrected chi connectivity index (χ3v) is 2.89. The first-order valence-corrected chi connectivity index (χ1v) is 6.26. The van der Waals surface area contributed by atoms with Crippen LogP contribution in [0, 0.1) is 6.92 Å². The number of nitrogens with one attached hydrogen (secondary N) is 1. The van der Waals surface area contributed by atoms with Crippen LogP contribution < -0.4 is 11.0 Å². The standard InChI is InChI=1S/C13H13F3N4O2/c1-8-4-3-5-9(6-8)17-10(21)7-20-12(22)19(2)11(18-20)13(14,15)16/h3-6H,7H2,1-2H3,(H,17,21). The maximum atomic E-state index is 12.6. The molecule has 0 aliphatic carbocycles. The summed E-state index contributed by atoms with van der Waals surface area (Å²) in [6.45, 7) is 1.23. The number of amides is 1. The first kappa shape index (κ1) is 15.8. The predicted octanol–water partition coefficient (Wildman–Crippen LogP) is 1.55. The Bertz CT molecular complexity index is 761. The molecule has 0 atom stereocenters. The highest BCUT2D eigenvalue weighted by Crippen LogP contribution is 2.25. The number of aryl methyl sites for hydroxylation is 1. The van der Waals surface area contributed by atoms with Gasteiger partial charge in [-0.05, 0) is 24.6 Å². The SMILES string of the molecule is Cc1cccc(NC(=O)Cn2nc(C(F)(F)F)n(C)c2=O)c1. The van der Waals surface area contributed by atoms with Crippen LogP contribution in [0.2, 0.25) is 0 Å². The summed E-state index contributed by atoms with van der Waals surface area (Å²) in [5.74, 6) is -1.99. The van der Waals surface area contributed by atoms with E-state index in [1.807, 2.05) is 13.0 Å². The summed E-state index contributed by atoms with van der Waals surface area (Å²) in [5, 5.41) is 5.66. The fourth-order valence-electron chi connectivity index (χ4n) is 1.90. The summed E-state index contributed by atoms with van der Waals surface area (Å²) >= 11 is 0. The molecule has 1 amide bonds. The molecule has 118 valence electrons. The minimum atomic E-state index is -4.76. The summed E-state index contributed by atoms with van der Waals surface area (Å²) in [5.41, 5.74) is 0.393. The molecule has 0 aliphatic heterocycles. The van der Waals surface area contributed by atoms with Crippen LogP contribution in [-0.2, 0) is 24.6 Å². The van der Waals surface area contributed by atoms with Crippen molar-refractivity contribution < 1.29 is 18.0 Å². The maximum Gasteiger partial charge on any atom is 0.451 e. The van der Waals surface area contributed by atoms with Gasteiger partial charge >= 0.3 is 11.9 Å². The smallest absolute Gasteiger partial charge is 0.324 e. The Morgan fingerprint density at radius 3 is 2.59 bits per heavy atom. The van der Waals surface area contributed by atoms with Gasteiger partial charge < -0.3 is 5.32 Å². The monoisotopic (exact) mass is 314 g/mol. The highest BCUT2D eigenvalue weighted by atomic mass is 19.4. The van der Waals surface area contributed by atoms with Gasteiger partial charge in [-0.2, -0.15) is 13.2 Å². The fraction of sp³-hybridized carbons (Fsp3) is 0.308. The van der Waals surface area contributed by atoms with Crippen LogP contribution in [0.15, 0.2) is 29.1 Å². The number of rotatable bonds is 3. The average molecular weight is 314 g/mol. The second kappa shape index (κ2) is 5.66. The van der Waals surface area contributed by atoms with Crippen LogP contribution >= 0.6 is 0 Å². The number of nitrogens with zero attached hydrogens (tertiary/aromatic N) is 3. The van der Waals surface area contributed by atoms with Crippen LogP contribution in [0.25, 0.3) is 0 Å². The minimum absolute atomic E-state index is 0.361. The zero-order chi connectivity index (χ0) is 16.5. The Balaban J connectivity index is 2.17. The molecule has 0 bridgehead atoms. The van der Waals surface area contributed by atoms with E-state index in [1.165, 1.54) is 0 Å². The molecule has 9 heteroatoms. The molecule has 2 aromatic rings. The van der Waals surface area contributed by atoms with E-state index in [0.717, 1.165) is 12.6 Å². The van der Waals surface area contributed by atoms with Crippen LogP contribution in [-0.4, -0.2) is 20.3 Å². The summed E-state index contributed by atoms with van der Waals surface area (Å²) < 4.78 is 38.7. The molecule has 0 fully saturated rings. The van der Waals surface area contributed by atoms with Crippen LogP contribution in [0.1, 0.15) is 11.4 Å². The van der Waals surface area contributed by atoms with Crippen molar-refractivity contribution in [1.29, 1.82) is 0 Å². The van der Waals surface area contributed by atoms with E-state index in [9.17, 15) is 22.8 Å². The lowest BCUT2D eigenvalue weighted by atomic mass is 10.2. The molecule has 1 aromatic heterocycles. The van der Waals surface area contributed by atoms with Crippen molar-refractivity contribution in [3.05, 3.63) is 46.1 Å². The average Bonchev–Trinajstić information content (AvgIpc) is 2.67. The van der Waals surface area contributed by atoms with Crippen LogP contribution in [0.3, 0.4) is 0 Å². The van der Waals surface area contributed by atoms with E-state index in [1.54, 1.807) is 18.2 Å². The van der Waals surface area contributed by atoms with E-state index in [0.29, 0.717) is 14.9 Å². The number of halogens is 3. The molecular formula is C13H13F3N4O2. The molecule has 0 spiro atoms. The van der Waals surface area contributed by atoms with E-state index in [4.69, 9.17) is 0 Å². The van der Waals surface area contributed by atoms with Gasteiger partial charge in [-0.15, -0.1) is 5.10 Å². The van der Waals surface area contributed by atoms with Gasteiger partial charge in [0.05, 0.1) is 0 Å². The molecule has 0 saturated heterocycles. The van der Waals surface area contributed by atoms with E-state index in [-0.39, 0.29) is 0 Å². The predicted molar refractivity (Wildman–Crippen MR) is 72.3 cm³/mol. The van der Waals surface area contributed by atoms with Crippen molar-refractivity contribution in [1.82, 2.24) is 14.3 Å². The van der Waals surface area contributed by atoms with Crippen LogP contribution in [0.4, 0.5) is 18.9 Å². The van der Waals surface area contributed by atoms with E-state index in [2.05, 4.69) is 10.4 Å². The third-order valence-electron chi connectivity index (χ3n) is 2.89. The molecular weight excluding hydrogens is 301 g/mol. The lowest BCUT2D eigenvalue weighted by Gasteiger charge is -2.05. The number of hydrogen-bond acceptors (Lipinski definition) is 3. The molecule has 0 aliphatic rings. The lowest BCUT2D eigenvalue weighted by molar-refractivity contribution is -0.147. The molecule has 1 N–H and O–H groups in total. The van der Waals surface area contributed by atoms with Gasteiger partial charge in [0.25, 0.3) is 0 Å². The number of alkyl halides is 3. The van der Waals surface area contributed by atoms with Crippen molar-refractivity contribution in [2.45, 2.75) is 19.6 Å². The van der Waals surface area contributed by atoms with Crippen molar-refractivity contribution in [3.8, 4) is 0 Å². The maximum absolute atomic E-state index is 12.6. The fourth-order valence-corrected chi connectivity index (χ4v) is 1.90. The van der Waals surface area contributed by atoms with Crippen LogP contribution in [0.5, 0.6) is 0 Å². The number of carbonyl (C=O) groups is 1. The molecule has 6 nitrogen and oxygen atoms in total. The van der Waals surface area contributed by atoms with E-state index >= 15 is 0 Å². The number of hydrogen-bond donors (Lipinski definition) is 1. The normalized spacial score (nSPS) is 11.5. The largest absolute Gasteiger partial charge is 0.451 e. The Morgan fingerprint density at radius 2 is 2.05 bits per heavy atom. The number of carbonyl (C=O) groups excluding carboxylic acids is 1. The highest BCUT2D eigenvalue weighted by molar-refractivity contribution is 5.90. The van der Waals surface area contributed by atoms with Gasteiger partial charge in [0.15, 0.2) is 0 Å². The molecule has 0 unspecified atom stereocenters. The van der Waals surface area contributed by atoms with Gasteiger partial charge in [-0.3, -0.25) is 9.36 Å². The Hall–Kier alpha value is -2.58. The molecule has 0 saturated carbocycles. The number of aromatic nitrogens is 3. The Kier molecular flexibility index (Phi) is 4.07. The van der Waals surface area contributed by atoms with Gasteiger partial charge in [-0.1, -0.05) is 12.1 Å². The zero-order valence-corrected chi connectivity index (χ0v) is 11.8. The zero-order valence-electron chi connectivity index (χ0n) is 11.8. The molecule has 0 radical (unpaired) electrons. The minimum Gasteiger partial charge on any atom is -0.324 e. The second-order valence-electron chi connectivity index (χ2n) is 4.74. The van der Waals surface area contributed by atoms with Crippen molar-refractivity contribution >= 4 is 11.6 Å². The molecule has 22 heavy (non-hydrogen) atoms. The topological polar surface area (TPSA) is 68.9 Å². The van der Waals surface area contributed by atoms with Gasteiger partial charge in [0.2, 0.25) is 11.7 Å². The summed E-state index contributed by atoms with van der Waals surface area (Å²) in [6.07, 6.45) is -4.76. The lowest BCUT2D eigenvalue weighted by Crippen LogP contribution is -2.29. The summed E-state index contributed by atoms with van der Waals surface area (Å²) in [4.78, 5) is 23.5. The quantitative estimate of drug-likeness (QED) is 0.934. The number of anilines is 1. The Labute approximate surface area is 123 Å². The second-order valence-corrected chi connectivity index (χ2v) is 4.74. The summed E-state index contributed by atoms with van der Waals surface area (Å²) in [6, 6.07) is 6.88.